The van der Waals surface area contributed by atoms with Crippen LogP contribution in [-0.4, -0.2) is 0 Å². The summed E-state index contributed by atoms with van der Waals surface area (Å²) in [6.45, 7) is 2.26. The van der Waals surface area contributed by atoms with Gasteiger partial charge < -0.3 is 0 Å². The Morgan fingerprint density at radius 1 is 1.20 bits per heavy atom. The van der Waals surface area contributed by atoms with Gasteiger partial charge in [-0.3, -0.25) is 0 Å². The van der Waals surface area contributed by atoms with Gasteiger partial charge in [0.05, 0.1) is 0 Å². The molecule has 0 aromatic carbocycles. The second-order valence-corrected chi connectivity index (χ2v) is 3.36. The molecule has 0 aromatic heterocycles. The third kappa shape index (κ3) is 0.828. The van der Waals surface area contributed by atoms with Gasteiger partial charge >= 0.3 is 0 Å². The standard InChI is InChI=1S/C10H14/c1-8-4-2-5-9-6-3-7-10(8)9/h4H,2-3,5-7H2,1H3. The average molecular weight is 134 g/mol. The Hall–Kier alpha value is -0.520. The fourth-order valence-corrected chi connectivity index (χ4v) is 2.14. The van der Waals surface area contributed by atoms with Crippen molar-refractivity contribution >= 4 is 0 Å². The van der Waals surface area contributed by atoms with E-state index in [1.165, 1.54) is 32.1 Å². The minimum atomic E-state index is 1.30. The highest BCUT2D eigenvalue weighted by atomic mass is 14.2. The van der Waals surface area contributed by atoms with Gasteiger partial charge in [-0.25, -0.2) is 0 Å². The number of rotatable bonds is 0. The molecule has 0 fully saturated rings. The van der Waals surface area contributed by atoms with Crippen LogP contribution >= 0.6 is 0 Å². The Balaban J connectivity index is 2.33. The second-order valence-electron chi connectivity index (χ2n) is 3.36. The van der Waals surface area contributed by atoms with Gasteiger partial charge in [0, 0.05) is 0 Å². The van der Waals surface area contributed by atoms with Crippen molar-refractivity contribution in [2.24, 2.45) is 0 Å². The second kappa shape index (κ2) is 2.26. The van der Waals surface area contributed by atoms with Crippen LogP contribution in [-0.2, 0) is 0 Å². The zero-order valence-electron chi connectivity index (χ0n) is 6.61. The lowest BCUT2D eigenvalue weighted by Gasteiger charge is -2.12. The third-order valence-corrected chi connectivity index (χ3v) is 2.70. The average Bonchev–Trinajstić information content (AvgIpc) is 2.36. The summed E-state index contributed by atoms with van der Waals surface area (Å²) in [5.74, 6) is 0. The van der Waals surface area contributed by atoms with Crippen LogP contribution < -0.4 is 0 Å². The maximum Gasteiger partial charge on any atom is -0.0274 e. The molecular weight excluding hydrogens is 120 g/mol. The van der Waals surface area contributed by atoms with E-state index < -0.39 is 0 Å². The van der Waals surface area contributed by atoms with E-state index in [1.54, 1.807) is 16.7 Å². The Bertz CT molecular complexity index is 206. The molecule has 0 aliphatic heterocycles. The van der Waals surface area contributed by atoms with Crippen LogP contribution in [0.15, 0.2) is 22.8 Å². The first-order valence-corrected chi connectivity index (χ1v) is 4.26. The Morgan fingerprint density at radius 3 is 2.90 bits per heavy atom. The van der Waals surface area contributed by atoms with Crippen molar-refractivity contribution in [1.29, 1.82) is 0 Å². The molecule has 0 amide bonds. The molecule has 0 spiro atoms. The molecule has 0 unspecified atom stereocenters. The van der Waals surface area contributed by atoms with Crippen LogP contribution in [0, 0.1) is 0 Å². The van der Waals surface area contributed by atoms with Gasteiger partial charge in [-0.05, 0) is 44.6 Å². The van der Waals surface area contributed by atoms with Crippen molar-refractivity contribution < 1.29 is 0 Å². The minimum absolute atomic E-state index is 1.30. The topological polar surface area (TPSA) is 0 Å². The lowest BCUT2D eigenvalue weighted by Crippen LogP contribution is -1.92. The molecule has 2 aliphatic carbocycles. The Morgan fingerprint density at radius 2 is 2.10 bits per heavy atom. The molecule has 0 heterocycles. The van der Waals surface area contributed by atoms with Gasteiger partial charge in [-0.15, -0.1) is 0 Å². The SMILES string of the molecule is CC1=CCCC2=C1CCC2. The van der Waals surface area contributed by atoms with E-state index in [0.29, 0.717) is 0 Å². The monoisotopic (exact) mass is 134 g/mol. The molecule has 2 rings (SSSR count). The quantitative estimate of drug-likeness (QED) is 0.477. The van der Waals surface area contributed by atoms with Gasteiger partial charge in [0.1, 0.15) is 0 Å². The molecule has 0 nitrogen and oxygen atoms in total. The summed E-state index contributed by atoms with van der Waals surface area (Å²) in [7, 11) is 0. The fraction of sp³-hybridized carbons (Fsp3) is 0.600. The largest absolute Gasteiger partial charge is 0.0810 e. The first-order valence-electron chi connectivity index (χ1n) is 4.26. The summed E-state index contributed by atoms with van der Waals surface area (Å²) in [6, 6.07) is 0. The van der Waals surface area contributed by atoms with Crippen LogP contribution in [0.3, 0.4) is 0 Å². The summed E-state index contributed by atoms with van der Waals surface area (Å²) in [6.07, 6.45) is 9.20. The molecule has 2 aliphatic rings. The minimum Gasteiger partial charge on any atom is -0.0810 e. The fourth-order valence-electron chi connectivity index (χ4n) is 2.14. The predicted molar refractivity (Wildman–Crippen MR) is 43.9 cm³/mol. The van der Waals surface area contributed by atoms with E-state index in [4.69, 9.17) is 0 Å². The van der Waals surface area contributed by atoms with Crippen LogP contribution in [0.2, 0.25) is 0 Å². The van der Waals surface area contributed by atoms with Crippen LogP contribution in [0.4, 0.5) is 0 Å². The lowest BCUT2D eigenvalue weighted by molar-refractivity contribution is 0.857. The van der Waals surface area contributed by atoms with Gasteiger partial charge in [0.15, 0.2) is 0 Å². The number of hydrogen-bond donors (Lipinski definition) is 0. The molecule has 54 valence electrons. The molecule has 0 saturated heterocycles. The van der Waals surface area contributed by atoms with E-state index in [1.807, 2.05) is 0 Å². The predicted octanol–water partition coefficient (Wildman–Crippen LogP) is 3.21. The van der Waals surface area contributed by atoms with Gasteiger partial charge in [0.25, 0.3) is 0 Å². The first kappa shape index (κ1) is 6.21. The normalized spacial score (nSPS) is 24.7. The van der Waals surface area contributed by atoms with Crippen molar-refractivity contribution in [3.05, 3.63) is 22.8 Å². The van der Waals surface area contributed by atoms with Crippen molar-refractivity contribution in [3.63, 3.8) is 0 Å². The van der Waals surface area contributed by atoms with Crippen molar-refractivity contribution in [2.75, 3.05) is 0 Å². The molecule has 0 bridgehead atoms. The van der Waals surface area contributed by atoms with E-state index in [0.717, 1.165) is 0 Å². The van der Waals surface area contributed by atoms with Crippen molar-refractivity contribution in [1.82, 2.24) is 0 Å². The van der Waals surface area contributed by atoms with Crippen LogP contribution in [0.5, 0.6) is 0 Å². The summed E-state index contributed by atoms with van der Waals surface area (Å²) in [5.41, 5.74) is 5.03. The molecule has 0 saturated carbocycles. The van der Waals surface area contributed by atoms with Gasteiger partial charge in [-0.2, -0.15) is 0 Å². The maximum absolute atomic E-state index is 2.39. The first-order chi connectivity index (χ1) is 4.88. The highest BCUT2D eigenvalue weighted by Crippen LogP contribution is 2.36. The highest BCUT2D eigenvalue weighted by Gasteiger charge is 2.17. The van der Waals surface area contributed by atoms with E-state index in [9.17, 15) is 0 Å². The number of allylic oxidation sites excluding steroid dienone is 4. The molecule has 0 aromatic rings. The lowest BCUT2D eigenvalue weighted by atomic mass is 9.94. The number of hydrogen-bond acceptors (Lipinski definition) is 0. The molecule has 0 atom stereocenters. The maximum atomic E-state index is 2.39. The zero-order valence-corrected chi connectivity index (χ0v) is 6.61. The van der Waals surface area contributed by atoms with Crippen LogP contribution in [0.25, 0.3) is 0 Å². The van der Waals surface area contributed by atoms with E-state index in [-0.39, 0.29) is 0 Å². The zero-order chi connectivity index (χ0) is 6.97. The van der Waals surface area contributed by atoms with E-state index in [2.05, 4.69) is 13.0 Å². The summed E-state index contributed by atoms with van der Waals surface area (Å²) < 4.78 is 0. The molecular formula is C10H14. The molecule has 0 N–H and O–H groups in total. The van der Waals surface area contributed by atoms with E-state index >= 15 is 0 Å². The summed E-state index contributed by atoms with van der Waals surface area (Å²) in [5, 5.41) is 0. The van der Waals surface area contributed by atoms with Crippen molar-refractivity contribution in [3.8, 4) is 0 Å². The molecule has 0 radical (unpaired) electrons. The highest BCUT2D eigenvalue weighted by molar-refractivity contribution is 5.39. The Kier molecular flexibility index (Phi) is 1.40. The molecule has 0 heteroatoms. The molecule has 10 heavy (non-hydrogen) atoms. The summed E-state index contributed by atoms with van der Waals surface area (Å²) >= 11 is 0. The smallest absolute Gasteiger partial charge is 0.0274 e. The summed E-state index contributed by atoms with van der Waals surface area (Å²) in [4.78, 5) is 0. The third-order valence-electron chi connectivity index (χ3n) is 2.70. The van der Waals surface area contributed by atoms with Gasteiger partial charge in [-0.1, -0.05) is 17.2 Å². The van der Waals surface area contributed by atoms with Gasteiger partial charge in [0.2, 0.25) is 0 Å². The Labute approximate surface area is 62.6 Å². The van der Waals surface area contributed by atoms with Crippen molar-refractivity contribution in [2.45, 2.75) is 39.0 Å². The van der Waals surface area contributed by atoms with Crippen LogP contribution in [0.1, 0.15) is 39.0 Å².